The molecule has 86 valence electrons. The number of hydrogen-bond acceptors (Lipinski definition) is 6. The summed E-state index contributed by atoms with van der Waals surface area (Å²) in [7, 11) is -4.26. The zero-order valence-corrected chi connectivity index (χ0v) is 8.22. The zero-order valence-electron chi connectivity index (χ0n) is 7.40. The fourth-order valence-corrected chi connectivity index (χ4v) is 0.460. The summed E-state index contributed by atoms with van der Waals surface area (Å²) in [5.74, 6) is 0. The van der Waals surface area contributed by atoms with Gasteiger partial charge in [-0.05, 0) is 0 Å². The quantitative estimate of drug-likeness (QED) is 0.328. The van der Waals surface area contributed by atoms with Crippen LogP contribution in [0.5, 0.6) is 0 Å². The standard InChI is InChI=1S/C3H6O4S.C3H8O3/c1-2-3-7-8(4,5)6;4-1-3(6)2-5/h2H,1,3H2,(H,4,5,6);3-6H,1-2H2. The van der Waals surface area contributed by atoms with E-state index in [1.807, 2.05) is 0 Å². The third kappa shape index (κ3) is 17.5. The Labute approximate surface area is 82.2 Å². The first kappa shape index (κ1) is 15.9. The second-order valence-corrected chi connectivity index (χ2v) is 3.11. The minimum Gasteiger partial charge on any atom is -0.394 e. The van der Waals surface area contributed by atoms with E-state index in [0.717, 1.165) is 0 Å². The molecule has 0 fully saturated rings. The Balaban J connectivity index is 0. The van der Waals surface area contributed by atoms with Gasteiger partial charge in [0.15, 0.2) is 0 Å². The maximum absolute atomic E-state index is 9.68. The molecular weight excluding hydrogens is 216 g/mol. The average molecular weight is 230 g/mol. The molecular formula is C6H14O7S. The lowest BCUT2D eigenvalue weighted by molar-refractivity contribution is 0.0450. The number of aliphatic hydroxyl groups is 3. The fourth-order valence-electron chi connectivity index (χ4n) is 0.192. The lowest BCUT2D eigenvalue weighted by atomic mass is 10.4. The zero-order chi connectivity index (χ0) is 11.6. The van der Waals surface area contributed by atoms with E-state index in [9.17, 15) is 8.42 Å². The fraction of sp³-hybridized carbons (Fsp3) is 0.667. The molecule has 0 aromatic rings. The van der Waals surface area contributed by atoms with Gasteiger partial charge in [-0.25, -0.2) is 4.18 Å². The van der Waals surface area contributed by atoms with Crippen molar-refractivity contribution in [1.82, 2.24) is 0 Å². The molecule has 0 saturated carbocycles. The maximum atomic E-state index is 9.68. The summed E-state index contributed by atoms with van der Waals surface area (Å²) >= 11 is 0. The topological polar surface area (TPSA) is 124 Å². The van der Waals surface area contributed by atoms with Crippen LogP contribution in [0, 0.1) is 0 Å². The van der Waals surface area contributed by atoms with E-state index in [1.54, 1.807) is 0 Å². The van der Waals surface area contributed by atoms with E-state index in [2.05, 4.69) is 10.8 Å². The van der Waals surface area contributed by atoms with Crippen molar-refractivity contribution in [3.05, 3.63) is 12.7 Å². The largest absolute Gasteiger partial charge is 0.397 e. The predicted molar refractivity (Wildman–Crippen MR) is 47.9 cm³/mol. The molecule has 0 aliphatic carbocycles. The molecule has 0 aromatic heterocycles. The van der Waals surface area contributed by atoms with Gasteiger partial charge in [-0.3, -0.25) is 4.55 Å². The van der Waals surface area contributed by atoms with E-state index in [4.69, 9.17) is 19.9 Å². The molecule has 0 amide bonds. The Bertz CT molecular complexity index is 218. The van der Waals surface area contributed by atoms with E-state index in [-0.39, 0.29) is 19.8 Å². The SMILES string of the molecule is C=CCOS(=O)(=O)O.OCC(O)CO. The van der Waals surface area contributed by atoms with Crippen molar-refractivity contribution >= 4 is 10.4 Å². The highest BCUT2D eigenvalue weighted by Gasteiger charge is 1.99. The molecule has 0 aliphatic rings. The second kappa shape index (κ2) is 9.06. The van der Waals surface area contributed by atoms with Gasteiger partial charge in [0.05, 0.1) is 19.8 Å². The Morgan fingerprint density at radius 1 is 1.36 bits per heavy atom. The van der Waals surface area contributed by atoms with Gasteiger partial charge in [-0.15, -0.1) is 6.58 Å². The Kier molecular flexibility index (Phi) is 10.3. The molecule has 7 nitrogen and oxygen atoms in total. The van der Waals surface area contributed by atoms with Gasteiger partial charge < -0.3 is 15.3 Å². The van der Waals surface area contributed by atoms with Gasteiger partial charge in [0.2, 0.25) is 0 Å². The Morgan fingerprint density at radius 3 is 1.86 bits per heavy atom. The normalized spacial score (nSPS) is 10.6. The van der Waals surface area contributed by atoms with E-state index in [0.29, 0.717) is 0 Å². The van der Waals surface area contributed by atoms with E-state index < -0.39 is 16.5 Å². The summed E-state index contributed by atoms with van der Waals surface area (Å²) in [6, 6.07) is 0. The van der Waals surface area contributed by atoms with Gasteiger partial charge in [0, 0.05) is 0 Å². The Morgan fingerprint density at radius 2 is 1.79 bits per heavy atom. The second-order valence-electron chi connectivity index (χ2n) is 2.02. The van der Waals surface area contributed by atoms with Crippen LogP contribution in [0.2, 0.25) is 0 Å². The van der Waals surface area contributed by atoms with Crippen molar-refractivity contribution in [3.8, 4) is 0 Å². The van der Waals surface area contributed by atoms with Crippen molar-refractivity contribution < 1.29 is 32.5 Å². The molecule has 0 spiro atoms. The first-order valence-corrected chi connectivity index (χ1v) is 4.86. The highest BCUT2D eigenvalue weighted by Crippen LogP contribution is 1.83. The average Bonchev–Trinajstić information content (AvgIpc) is 2.13. The summed E-state index contributed by atoms with van der Waals surface area (Å²) in [5.41, 5.74) is 0. The van der Waals surface area contributed by atoms with Crippen molar-refractivity contribution in [1.29, 1.82) is 0 Å². The molecule has 14 heavy (non-hydrogen) atoms. The first-order valence-electron chi connectivity index (χ1n) is 3.49. The Hall–Kier alpha value is -0.510. The molecule has 0 aromatic carbocycles. The highest BCUT2D eigenvalue weighted by molar-refractivity contribution is 7.80. The molecule has 8 heteroatoms. The molecule has 0 atom stereocenters. The van der Waals surface area contributed by atoms with Gasteiger partial charge in [-0.2, -0.15) is 8.42 Å². The lowest BCUT2D eigenvalue weighted by Crippen LogP contribution is -2.15. The third-order valence-corrected chi connectivity index (χ3v) is 1.19. The summed E-state index contributed by atoms with van der Waals surface area (Å²) in [6.45, 7) is 2.24. The van der Waals surface area contributed by atoms with Crippen LogP contribution in [0.1, 0.15) is 0 Å². The van der Waals surface area contributed by atoms with Crippen LogP contribution in [-0.4, -0.2) is 54.2 Å². The molecule has 0 unspecified atom stereocenters. The summed E-state index contributed by atoms with van der Waals surface area (Å²) in [5, 5.41) is 24.0. The monoisotopic (exact) mass is 230 g/mol. The van der Waals surface area contributed by atoms with Crippen molar-refractivity contribution in [2.45, 2.75) is 6.10 Å². The third-order valence-electron chi connectivity index (χ3n) is 0.756. The van der Waals surface area contributed by atoms with Crippen LogP contribution in [-0.2, 0) is 14.6 Å². The van der Waals surface area contributed by atoms with Crippen molar-refractivity contribution in [2.75, 3.05) is 19.8 Å². The van der Waals surface area contributed by atoms with E-state index >= 15 is 0 Å². The van der Waals surface area contributed by atoms with Gasteiger partial charge in [-0.1, -0.05) is 6.08 Å². The van der Waals surface area contributed by atoms with Gasteiger partial charge >= 0.3 is 10.4 Å². The van der Waals surface area contributed by atoms with Crippen LogP contribution in [0.15, 0.2) is 12.7 Å². The molecule has 0 rings (SSSR count). The smallest absolute Gasteiger partial charge is 0.394 e. The highest BCUT2D eigenvalue weighted by atomic mass is 32.3. The molecule has 0 saturated heterocycles. The number of rotatable bonds is 5. The molecule has 0 bridgehead atoms. The summed E-state index contributed by atoms with van der Waals surface area (Å²) in [4.78, 5) is 0. The summed E-state index contributed by atoms with van der Waals surface area (Å²) < 4.78 is 31.0. The molecule has 0 heterocycles. The minimum absolute atomic E-state index is 0.196. The number of aliphatic hydroxyl groups excluding tert-OH is 3. The van der Waals surface area contributed by atoms with Crippen LogP contribution >= 0.6 is 0 Å². The minimum atomic E-state index is -4.26. The van der Waals surface area contributed by atoms with Crippen molar-refractivity contribution in [2.24, 2.45) is 0 Å². The van der Waals surface area contributed by atoms with Crippen LogP contribution in [0.4, 0.5) is 0 Å². The van der Waals surface area contributed by atoms with Gasteiger partial charge in [0.1, 0.15) is 6.10 Å². The van der Waals surface area contributed by atoms with Gasteiger partial charge in [0.25, 0.3) is 0 Å². The molecule has 0 aliphatic heterocycles. The maximum Gasteiger partial charge on any atom is 0.397 e. The van der Waals surface area contributed by atoms with Crippen LogP contribution in [0.3, 0.4) is 0 Å². The lowest BCUT2D eigenvalue weighted by Gasteiger charge is -1.96. The van der Waals surface area contributed by atoms with Crippen molar-refractivity contribution in [3.63, 3.8) is 0 Å². The first-order chi connectivity index (χ1) is 6.37. The molecule has 0 radical (unpaired) electrons. The van der Waals surface area contributed by atoms with E-state index in [1.165, 1.54) is 6.08 Å². The summed E-state index contributed by atoms with van der Waals surface area (Å²) in [6.07, 6.45) is 0.262. The van der Waals surface area contributed by atoms with Crippen LogP contribution in [0.25, 0.3) is 0 Å². The predicted octanol–water partition coefficient (Wildman–Crippen LogP) is -1.68. The molecule has 4 N–H and O–H groups in total. The number of hydrogen-bond donors (Lipinski definition) is 4. The van der Waals surface area contributed by atoms with Crippen LogP contribution < -0.4 is 0 Å².